The van der Waals surface area contributed by atoms with E-state index >= 15 is 0 Å². The molecule has 6 aromatic rings. The van der Waals surface area contributed by atoms with Crippen molar-refractivity contribution in [1.82, 2.24) is 10.3 Å². The lowest BCUT2D eigenvalue weighted by molar-refractivity contribution is -0.115. The normalized spacial score (nSPS) is 11.8. The van der Waals surface area contributed by atoms with Crippen LogP contribution in [0.3, 0.4) is 0 Å². The summed E-state index contributed by atoms with van der Waals surface area (Å²) in [6.45, 7) is 1.81. The van der Waals surface area contributed by atoms with Crippen molar-refractivity contribution in [3.8, 4) is 17.0 Å². The highest BCUT2D eigenvalue weighted by Gasteiger charge is 2.19. The summed E-state index contributed by atoms with van der Waals surface area (Å²) < 4.78 is 5.44. The molecule has 3 amide bonds. The zero-order valence-corrected chi connectivity index (χ0v) is 28.3. The number of ether oxygens (including phenoxy) is 1. The van der Waals surface area contributed by atoms with Crippen molar-refractivity contribution in [3.63, 3.8) is 0 Å². The number of hydrogen-bond donors (Lipinski definition) is 3. The molecule has 49 heavy (non-hydrogen) atoms. The van der Waals surface area contributed by atoms with Crippen LogP contribution in [0.5, 0.6) is 5.75 Å². The number of carbonyl (C=O) groups is 3. The fourth-order valence-corrected chi connectivity index (χ4v) is 6.74. The van der Waals surface area contributed by atoms with E-state index in [1.54, 1.807) is 55.7 Å². The van der Waals surface area contributed by atoms with Crippen LogP contribution in [0.4, 0.5) is 10.8 Å². The molecule has 1 atom stereocenters. The minimum atomic E-state index is -0.486. The second-order valence-corrected chi connectivity index (χ2v) is 13.2. The Morgan fingerprint density at radius 2 is 1.57 bits per heavy atom. The lowest BCUT2D eigenvalue weighted by Crippen LogP contribution is -2.30. The van der Waals surface area contributed by atoms with Gasteiger partial charge in [0.05, 0.1) is 18.1 Å². The lowest BCUT2D eigenvalue weighted by Gasteiger charge is -2.14. The van der Waals surface area contributed by atoms with E-state index in [1.807, 2.05) is 91.2 Å². The molecule has 1 heterocycles. The predicted octanol–water partition coefficient (Wildman–Crippen LogP) is 8.50. The fraction of sp³-hybridized carbons (Fsp3) is 0.0769. The van der Waals surface area contributed by atoms with Gasteiger partial charge in [-0.15, -0.1) is 23.1 Å². The quantitative estimate of drug-likeness (QED) is 0.0933. The van der Waals surface area contributed by atoms with Crippen molar-refractivity contribution in [2.45, 2.75) is 17.1 Å². The van der Waals surface area contributed by atoms with E-state index in [4.69, 9.17) is 4.74 Å². The fourth-order valence-electron chi connectivity index (χ4n) is 5.10. The molecule has 0 spiro atoms. The molecule has 0 saturated heterocycles. The predicted molar refractivity (Wildman–Crippen MR) is 199 cm³/mol. The number of amides is 3. The van der Waals surface area contributed by atoms with Gasteiger partial charge in [0.25, 0.3) is 11.8 Å². The molecule has 0 aliphatic carbocycles. The summed E-state index contributed by atoms with van der Waals surface area (Å²) in [7, 11) is 1.61. The second kappa shape index (κ2) is 15.5. The Kier molecular flexibility index (Phi) is 10.5. The van der Waals surface area contributed by atoms with E-state index in [0.717, 1.165) is 32.5 Å². The maximum absolute atomic E-state index is 13.7. The Morgan fingerprint density at radius 1 is 0.837 bits per heavy atom. The number of nitrogens with zero attached hydrogens (tertiary/aromatic N) is 1. The smallest absolute Gasteiger partial charge is 0.272 e. The van der Waals surface area contributed by atoms with Gasteiger partial charge in [0, 0.05) is 27.1 Å². The van der Waals surface area contributed by atoms with Crippen LogP contribution in [0.25, 0.3) is 28.1 Å². The van der Waals surface area contributed by atoms with E-state index in [2.05, 4.69) is 20.9 Å². The highest BCUT2D eigenvalue weighted by Crippen LogP contribution is 2.33. The maximum Gasteiger partial charge on any atom is 0.272 e. The summed E-state index contributed by atoms with van der Waals surface area (Å²) in [6, 6.07) is 37.2. The molecular weight excluding hydrogens is 653 g/mol. The van der Waals surface area contributed by atoms with Gasteiger partial charge < -0.3 is 20.7 Å². The summed E-state index contributed by atoms with van der Waals surface area (Å²) in [5.41, 5.74) is 3.39. The third-order valence-electron chi connectivity index (χ3n) is 7.54. The standard InChI is InChI=1S/C39H32N4O4S2/c1-25(36(44)43-39-42-34(24-48-39)32-20-8-9-21-35(32)47-2)49-30-18-11-17-29(23-30)40-38(46)33(41-37(45)27-13-4-3-5-14-27)22-28-16-10-15-26-12-6-7-19-31(26)28/h3-25H,1-2H3,(H,40,46)(H,41,45)(H,42,43,44)/b33-22+. The zero-order valence-electron chi connectivity index (χ0n) is 26.7. The van der Waals surface area contributed by atoms with E-state index in [0.29, 0.717) is 22.1 Å². The minimum absolute atomic E-state index is 0.0898. The molecule has 0 radical (unpaired) electrons. The Hall–Kier alpha value is -5.71. The average molecular weight is 685 g/mol. The molecule has 0 saturated carbocycles. The van der Waals surface area contributed by atoms with Crippen LogP contribution in [-0.2, 0) is 9.59 Å². The number of thioether (sulfide) groups is 1. The number of carbonyl (C=O) groups excluding carboxylic acids is 3. The van der Waals surface area contributed by atoms with Gasteiger partial charge in [0.1, 0.15) is 11.4 Å². The first kappa shape index (κ1) is 33.2. The molecule has 5 aromatic carbocycles. The summed E-state index contributed by atoms with van der Waals surface area (Å²) in [6.07, 6.45) is 1.68. The number of aromatic nitrogens is 1. The highest BCUT2D eigenvalue weighted by atomic mass is 32.2. The Morgan fingerprint density at radius 3 is 2.41 bits per heavy atom. The van der Waals surface area contributed by atoms with Crippen molar-refractivity contribution in [2.24, 2.45) is 0 Å². The largest absolute Gasteiger partial charge is 0.496 e. The molecule has 0 bridgehead atoms. The van der Waals surface area contributed by atoms with E-state index in [-0.39, 0.29) is 11.6 Å². The maximum atomic E-state index is 13.7. The molecule has 244 valence electrons. The number of benzene rings is 5. The molecule has 10 heteroatoms. The van der Waals surface area contributed by atoms with Gasteiger partial charge >= 0.3 is 0 Å². The molecule has 8 nitrogen and oxygen atoms in total. The van der Waals surface area contributed by atoms with Crippen LogP contribution in [0.15, 0.2) is 137 Å². The lowest BCUT2D eigenvalue weighted by atomic mass is 10.0. The van der Waals surface area contributed by atoms with Crippen molar-refractivity contribution >= 4 is 68.5 Å². The summed E-state index contributed by atoms with van der Waals surface area (Å²) >= 11 is 2.69. The minimum Gasteiger partial charge on any atom is -0.496 e. The van der Waals surface area contributed by atoms with E-state index in [1.165, 1.54) is 23.1 Å². The zero-order chi connectivity index (χ0) is 34.2. The number of anilines is 2. The molecule has 6 rings (SSSR count). The first-order chi connectivity index (χ1) is 23.9. The Bertz CT molecular complexity index is 2160. The highest BCUT2D eigenvalue weighted by molar-refractivity contribution is 8.00. The summed E-state index contributed by atoms with van der Waals surface area (Å²) in [5, 5.41) is 12.5. The molecule has 1 unspecified atom stereocenters. The van der Waals surface area contributed by atoms with Gasteiger partial charge in [0.15, 0.2) is 5.13 Å². The average Bonchev–Trinajstić information content (AvgIpc) is 3.60. The second-order valence-electron chi connectivity index (χ2n) is 10.9. The van der Waals surface area contributed by atoms with Crippen molar-refractivity contribution in [3.05, 3.63) is 144 Å². The Labute approximate surface area is 292 Å². The number of methoxy groups -OCH3 is 1. The third kappa shape index (κ3) is 8.24. The number of nitrogens with one attached hydrogen (secondary N) is 3. The van der Waals surface area contributed by atoms with Gasteiger partial charge in [-0.3, -0.25) is 14.4 Å². The summed E-state index contributed by atoms with van der Waals surface area (Å²) in [4.78, 5) is 45.4. The molecule has 3 N–H and O–H groups in total. The monoisotopic (exact) mass is 684 g/mol. The van der Waals surface area contributed by atoms with Crippen molar-refractivity contribution in [2.75, 3.05) is 17.7 Å². The molecule has 0 aliphatic heterocycles. The van der Waals surface area contributed by atoms with Crippen LogP contribution in [0, 0.1) is 0 Å². The van der Waals surface area contributed by atoms with Crippen molar-refractivity contribution < 1.29 is 19.1 Å². The van der Waals surface area contributed by atoms with Gasteiger partial charge in [-0.05, 0) is 71.8 Å². The van der Waals surface area contributed by atoms with E-state index < -0.39 is 17.1 Å². The first-order valence-electron chi connectivity index (χ1n) is 15.4. The summed E-state index contributed by atoms with van der Waals surface area (Å²) in [5.74, 6) is -0.387. The Balaban J connectivity index is 1.16. The van der Waals surface area contributed by atoms with Crippen LogP contribution >= 0.6 is 23.1 Å². The molecule has 0 aliphatic rings. The molecule has 1 aromatic heterocycles. The number of fused-ring (bicyclic) bond motifs is 1. The SMILES string of the molecule is COc1ccccc1-c1csc(NC(=O)C(C)Sc2cccc(NC(=O)/C(=C\c3cccc4ccccc34)NC(=O)c3ccccc3)c2)n1. The molecular formula is C39H32N4O4S2. The van der Waals surface area contributed by atoms with Crippen molar-refractivity contribution in [1.29, 1.82) is 0 Å². The number of hydrogen-bond acceptors (Lipinski definition) is 7. The number of para-hydroxylation sites is 1. The van der Waals surface area contributed by atoms with E-state index in [9.17, 15) is 14.4 Å². The van der Waals surface area contributed by atoms with Gasteiger partial charge in [0.2, 0.25) is 5.91 Å². The van der Waals surface area contributed by atoms with Crippen LogP contribution < -0.4 is 20.7 Å². The van der Waals surface area contributed by atoms with Gasteiger partial charge in [-0.1, -0.05) is 78.9 Å². The van der Waals surface area contributed by atoms with Crippen LogP contribution in [-0.4, -0.2) is 35.1 Å². The van der Waals surface area contributed by atoms with Gasteiger partial charge in [-0.25, -0.2) is 4.98 Å². The number of thiazole rings is 1. The van der Waals surface area contributed by atoms with Crippen LogP contribution in [0.1, 0.15) is 22.8 Å². The molecule has 0 fully saturated rings. The van der Waals surface area contributed by atoms with Gasteiger partial charge in [-0.2, -0.15) is 0 Å². The third-order valence-corrected chi connectivity index (χ3v) is 9.39. The number of rotatable bonds is 11. The first-order valence-corrected chi connectivity index (χ1v) is 17.2. The topological polar surface area (TPSA) is 109 Å². The van der Waals surface area contributed by atoms with Crippen LogP contribution in [0.2, 0.25) is 0 Å².